The molecule has 3 atom stereocenters. The molecule has 0 heterocycles. The number of amides is 1. The molecule has 1 saturated carbocycles. The third-order valence-electron chi connectivity index (χ3n) is 4.92. The van der Waals surface area contributed by atoms with Gasteiger partial charge in [-0.15, -0.1) is 0 Å². The van der Waals surface area contributed by atoms with Crippen LogP contribution in [0, 0.1) is 5.92 Å². The van der Waals surface area contributed by atoms with Crippen LogP contribution in [0.2, 0.25) is 0 Å². The molecule has 0 spiro atoms. The smallest absolute Gasteiger partial charge is 0.308 e. The summed E-state index contributed by atoms with van der Waals surface area (Å²) in [7, 11) is 1.60. The summed E-state index contributed by atoms with van der Waals surface area (Å²) in [4.78, 5) is 24.1. The second-order valence-electron chi connectivity index (χ2n) is 6.54. The number of hydrogen-bond donors (Lipinski definition) is 2. The zero-order chi connectivity index (χ0) is 17.0. The van der Waals surface area contributed by atoms with Crippen LogP contribution in [-0.4, -0.2) is 29.6 Å². The average molecular weight is 319 g/mol. The van der Waals surface area contributed by atoms with E-state index >= 15 is 0 Å². The maximum atomic E-state index is 12.6. The van der Waals surface area contributed by atoms with Crippen molar-refractivity contribution in [2.75, 3.05) is 7.11 Å². The van der Waals surface area contributed by atoms with Crippen LogP contribution < -0.4 is 10.1 Å². The molecule has 1 amide bonds. The van der Waals surface area contributed by atoms with Crippen molar-refractivity contribution in [2.24, 2.45) is 5.92 Å². The summed E-state index contributed by atoms with van der Waals surface area (Å²) >= 11 is 0. The number of aliphatic carboxylic acids is 1. The molecule has 0 aliphatic heterocycles. The van der Waals surface area contributed by atoms with Crippen molar-refractivity contribution >= 4 is 11.9 Å². The predicted molar refractivity (Wildman–Crippen MR) is 87.6 cm³/mol. The second-order valence-corrected chi connectivity index (χ2v) is 6.54. The first-order chi connectivity index (χ1) is 10.9. The Balaban J connectivity index is 2.10. The number of carbonyl (C=O) groups excluding carboxylic acids is 1. The maximum absolute atomic E-state index is 12.6. The fraction of sp³-hybridized carbons (Fsp3) is 0.556. The van der Waals surface area contributed by atoms with Crippen LogP contribution in [0.15, 0.2) is 24.3 Å². The van der Waals surface area contributed by atoms with E-state index in [2.05, 4.69) is 5.32 Å². The first-order valence-corrected chi connectivity index (χ1v) is 8.06. The van der Waals surface area contributed by atoms with E-state index < -0.39 is 17.4 Å². The fourth-order valence-corrected chi connectivity index (χ4v) is 3.31. The molecule has 2 rings (SSSR count). The maximum Gasteiger partial charge on any atom is 0.308 e. The molecule has 1 aromatic rings. The Morgan fingerprint density at radius 3 is 2.52 bits per heavy atom. The van der Waals surface area contributed by atoms with Crippen molar-refractivity contribution in [1.82, 2.24) is 5.32 Å². The van der Waals surface area contributed by atoms with Gasteiger partial charge in [0.15, 0.2) is 0 Å². The topological polar surface area (TPSA) is 75.6 Å². The van der Waals surface area contributed by atoms with Crippen LogP contribution in [0.4, 0.5) is 0 Å². The van der Waals surface area contributed by atoms with Crippen molar-refractivity contribution in [3.05, 3.63) is 29.8 Å². The van der Waals surface area contributed by atoms with Crippen LogP contribution in [0.3, 0.4) is 0 Å². The summed E-state index contributed by atoms with van der Waals surface area (Å²) in [5.41, 5.74) is 0.205. The van der Waals surface area contributed by atoms with E-state index in [1.165, 1.54) is 0 Å². The second kappa shape index (κ2) is 7.02. The molecule has 2 N–H and O–H groups in total. The van der Waals surface area contributed by atoms with Gasteiger partial charge in [0, 0.05) is 0 Å². The van der Waals surface area contributed by atoms with Crippen molar-refractivity contribution < 1.29 is 19.4 Å². The Morgan fingerprint density at radius 1 is 1.30 bits per heavy atom. The van der Waals surface area contributed by atoms with Crippen molar-refractivity contribution in [1.29, 1.82) is 0 Å². The Morgan fingerprint density at radius 2 is 1.96 bits per heavy atom. The number of rotatable bonds is 5. The largest absolute Gasteiger partial charge is 0.497 e. The summed E-state index contributed by atoms with van der Waals surface area (Å²) in [5.74, 6) is -1.08. The van der Waals surface area contributed by atoms with Gasteiger partial charge in [-0.1, -0.05) is 25.0 Å². The Bertz CT molecular complexity index is 569. The zero-order valence-electron chi connectivity index (χ0n) is 14.0. The van der Waals surface area contributed by atoms with Gasteiger partial charge in [-0.2, -0.15) is 0 Å². The minimum Gasteiger partial charge on any atom is -0.497 e. The van der Waals surface area contributed by atoms with Gasteiger partial charge in [0.1, 0.15) is 5.75 Å². The summed E-state index contributed by atoms with van der Waals surface area (Å²) in [6.07, 6.45) is 3.15. The number of ether oxygens (including phenoxy) is 1. The van der Waals surface area contributed by atoms with Gasteiger partial charge in [0.05, 0.1) is 24.5 Å². The molecule has 23 heavy (non-hydrogen) atoms. The lowest BCUT2D eigenvalue weighted by Crippen LogP contribution is -2.56. The normalized spacial score (nSPS) is 25.4. The fourth-order valence-electron chi connectivity index (χ4n) is 3.31. The highest BCUT2D eigenvalue weighted by atomic mass is 16.5. The van der Waals surface area contributed by atoms with Crippen molar-refractivity contribution in [3.8, 4) is 5.75 Å². The summed E-state index contributed by atoms with van der Waals surface area (Å²) in [6.45, 7) is 3.68. The summed E-state index contributed by atoms with van der Waals surface area (Å²) < 4.78 is 5.12. The van der Waals surface area contributed by atoms with Gasteiger partial charge in [0.25, 0.3) is 0 Å². The summed E-state index contributed by atoms with van der Waals surface area (Å²) in [5, 5.41) is 12.4. The molecule has 0 aromatic heterocycles. The lowest BCUT2D eigenvalue weighted by atomic mass is 9.73. The number of nitrogens with one attached hydrogen (secondary N) is 1. The first-order valence-electron chi connectivity index (χ1n) is 8.06. The number of carboxylic acid groups (broad SMARTS) is 1. The Labute approximate surface area is 137 Å². The number of methoxy groups -OCH3 is 1. The molecule has 1 aromatic carbocycles. The zero-order valence-corrected chi connectivity index (χ0v) is 14.0. The third kappa shape index (κ3) is 3.84. The highest BCUT2D eigenvalue weighted by Crippen LogP contribution is 2.34. The van der Waals surface area contributed by atoms with Gasteiger partial charge >= 0.3 is 5.97 Å². The molecule has 3 unspecified atom stereocenters. The lowest BCUT2D eigenvalue weighted by Gasteiger charge is -2.40. The monoisotopic (exact) mass is 319 g/mol. The highest BCUT2D eigenvalue weighted by molar-refractivity contribution is 5.85. The van der Waals surface area contributed by atoms with Crippen LogP contribution in [0.1, 0.15) is 51.0 Å². The Hall–Kier alpha value is -2.04. The molecule has 126 valence electrons. The van der Waals surface area contributed by atoms with E-state index in [-0.39, 0.29) is 11.8 Å². The van der Waals surface area contributed by atoms with Crippen LogP contribution in [-0.2, 0) is 9.59 Å². The van der Waals surface area contributed by atoms with Crippen LogP contribution in [0.5, 0.6) is 5.75 Å². The van der Waals surface area contributed by atoms with E-state index in [9.17, 15) is 14.7 Å². The van der Waals surface area contributed by atoms with Gasteiger partial charge in [-0.05, 0) is 44.4 Å². The van der Waals surface area contributed by atoms with E-state index in [1.807, 2.05) is 38.1 Å². The van der Waals surface area contributed by atoms with E-state index in [1.54, 1.807) is 7.11 Å². The van der Waals surface area contributed by atoms with Gasteiger partial charge < -0.3 is 15.2 Å². The van der Waals surface area contributed by atoms with E-state index in [0.717, 1.165) is 24.2 Å². The highest BCUT2D eigenvalue weighted by Gasteiger charge is 2.42. The standard InChI is InChI=1S/C18H25NO4/c1-12(13-7-9-14(23-3)10-8-13)16(20)19-18(2)11-5-4-6-15(18)17(21)22/h7-10,12,15H,4-6,11H2,1-3H3,(H,19,20)(H,21,22). The molecular formula is C18H25NO4. The number of carbonyl (C=O) groups is 2. The van der Waals surface area contributed by atoms with Gasteiger partial charge in [-0.3, -0.25) is 9.59 Å². The summed E-state index contributed by atoms with van der Waals surface area (Å²) in [6, 6.07) is 7.37. The molecule has 1 aliphatic carbocycles. The number of benzene rings is 1. The third-order valence-corrected chi connectivity index (χ3v) is 4.92. The van der Waals surface area contributed by atoms with Crippen LogP contribution >= 0.6 is 0 Å². The number of carboxylic acids is 1. The minimum atomic E-state index is -0.829. The van der Waals surface area contributed by atoms with E-state index in [4.69, 9.17) is 4.74 Å². The quantitative estimate of drug-likeness (QED) is 0.875. The average Bonchev–Trinajstić information content (AvgIpc) is 2.54. The van der Waals surface area contributed by atoms with Crippen LogP contribution in [0.25, 0.3) is 0 Å². The molecule has 1 aliphatic rings. The lowest BCUT2D eigenvalue weighted by molar-refractivity contribution is -0.146. The number of hydrogen-bond acceptors (Lipinski definition) is 3. The molecule has 0 saturated heterocycles. The van der Waals surface area contributed by atoms with E-state index in [0.29, 0.717) is 12.8 Å². The molecular weight excluding hydrogens is 294 g/mol. The van der Waals surface area contributed by atoms with Gasteiger partial charge in [0.2, 0.25) is 5.91 Å². The Kier molecular flexibility index (Phi) is 5.29. The van der Waals surface area contributed by atoms with Crippen molar-refractivity contribution in [3.63, 3.8) is 0 Å². The molecule has 5 nitrogen and oxygen atoms in total. The SMILES string of the molecule is COc1ccc(C(C)C(=O)NC2(C)CCCCC2C(=O)O)cc1. The van der Waals surface area contributed by atoms with Crippen molar-refractivity contribution in [2.45, 2.75) is 51.0 Å². The molecule has 0 radical (unpaired) electrons. The molecule has 5 heteroatoms. The minimum absolute atomic E-state index is 0.134. The molecule has 0 bridgehead atoms. The molecule has 1 fully saturated rings. The first kappa shape index (κ1) is 17.3. The van der Waals surface area contributed by atoms with Gasteiger partial charge in [-0.25, -0.2) is 0 Å². The predicted octanol–water partition coefficient (Wildman–Crippen LogP) is 2.95.